The van der Waals surface area contributed by atoms with Crippen LogP contribution in [-0.2, 0) is 6.61 Å². The molecule has 1 aromatic carbocycles. The zero-order valence-electron chi connectivity index (χ0n) is 8.38. The number of thiophene rings is 1. The van der Waals surface area contributed by atoms with Crippen LogP contribution in [0.25, 0.3) is 0 Å². The molecule has 2 aromatic rings. The van der Waals surface area contributed by atoms with E-state index >= 15 is 0 Å². The Morgan fingerprint density at radius 1 is 1.38 bits per heavy atom. The van der Waals surface area contributed by atoms with E-state index in [1.807, 2.05) is 29.6 Å². The summed E-state index contributed by atoms with van der Waals surface area (Å²) >= 11 is 3.23. The summed E-state index contributed by atoms with van der Waals surface area (Å²) in [6, 6.07) is 11.6. The Morgan fingerprint density at radius 2 is 2.25 bits per heavy atom. The fourth-order valence-corrected chi connectivity index (χ4v) is 3.07. The molecule has 0 aliphatic heterocycles. The summed E-state index contributed by atoms with van der Waals surface area (Å²) in [7, 11) is 0. The van der Waals surface area contributed by atoms with Crippen LogP contribution in [0.3, 0.4) is 0 Å². The van der Waals surface area contributed by atoms with Gasteiger partial charge in [0.1, 0.15) is 6.07 Å². The predicted molar refractivity (Wildman–Crippen MR) is 65.5 cm³/mol. The summed E-state index contributed by atoms with van der Waals surface area (Å²) in [5.41, 5.74) is 1.39. The van der Waals surface area contributed by atoms with Crippen molar-refractivity contribution in [2.24, 2.45) is 0 Å². The van der Waals surface area contributed by atoms with Crippen molar-refractivity contribution in [2.75, 3.05) is 0 Å². The number of rotatable bonds is 3. The van der Waals surface area contributed by atoms with Crippen molar-refractivity contribution in [1.82, 2.24) is 0 Å². The van der Waals surface area contributed by atoms with Crippen molar-refractivity contribution in [3.63, 3.8) is 0 Å². The van der Waals surface area contributed by atoms with Crippen LogP contribution in [0.1, 0.15) is 11.1 Å². The van der Waals surface area contributed by atoms with Crippen molar-refractivity contribution in [1.29, 1.82) is 5.26 Å². The lowest BCUT2D eigenvalue weighted by Crippen LogP contribution is -1.87. The van der Waals surface area contributed by atoms with E-state index in [4.69, 9.17) is 10.4 Å². The Morgan fingerprint density at radius 3 is 2.88 bits per heavy atom. The minimum Gasteiger partial charge on any atom is -0.392 e. The number of nitriles is 1. The molecule has 0 atom stereocenters. The van der Waals surface area contributed by atoms with E-state index in [-0.39, 0.29) is 6.61 Å². The van der Waals surface area contributed by atoms with Crippen LogP contribution in [0.15, 0.2) is 44.8 Å². The van der Waals surface area contributed by atoms with Crippen LogP contribution in [0.2, 0.25) is 0 Å². The van der Waals surface area contributed by atoms with Crippen molar-refractivity contribution < 1.29 is 5.11 Å². The van der Waals surface area contributed by atoms with Gasteiger partial charge >= 0.3 is 0 Å². The van der Waals surface area contributed by atoms with Gasteiger partial charge in [-0.25, -0.2) is 0 Å². The molecule has 1 aromatic heterocycles. The number of hydrogen-bond acceptors (Lipinski definition) is 4. The van der Waals surface area contributed by atoms with Gasteiger partial charge in [-0.05, 0) is 29.1 Å². The van der Waals surface area contributed by atoms with Gasteiger partial charge in [-0.1, -0.05) is 23.9 Å². The average Bonchev–Trinajstić information content (AvgIpc) is 2.82. The largest absolute Gasteiger partial charge is 0.392 e. The Kier molecular flexibility index (Phi) is 3.62. The third-order valence-electron chi connectivity index (χ3n) is 2.05. The van der Waals surface area contributed by atoms with E-state index in [9.17, 15) is 0 Å². The number of hydrogen-bond donors (Lipinski definition) is 1. The van der Waals surface area contributed by atoms with E-state index in [0.717, 1.165) is 14.7 Å². The van der Waals surface area contributed by atoms with Gasteiger partial charge in [0, 0.05) is 4.90 Å². The van der Waals surface area contributed by atoms with Gasteiger partial charge in [-0.15, -0.1) is 11.3 Å². The number of aliphatic hydroxyl groups excluding tert-OH is 1. The maximum atomic E-state index is 9.03. The zero-order chi connectivity index (χ0) is 11.4. The molecular formula is C12H9NOS2. The van der Waals surface area contributed by atoms with Gasteiger partial charge < -0.3 is 5.11 Å². The van der Waals surface area contributed by atoms with Crippen LogP contribution in [-0.4, -0.2) is 5.11 Å². The van der Waals surface area contributed by atoms with Crippen molar-refractivity contribution in [2.45, 2.75) is 15.7 Å². The van der Waals surface area contributed by atoms with E-state index in [1.165, 1.54) is 0 Å². The maximum Gasteiger partial charge on any atom is 0.100 e. The molecule has 0 aliphatic rings. The molecule has 4 heteroatoms. The number of benzene rings is 1. The van der Waals surface area contributed by atoms with Crippen LogP contribution < -0.4 is 0 Å². The minimum absolute atomic E-state index is 0.0291. The zero-order valence-corrected chi connectivity index (χ0v) is 10.0. The smallest absolute Gasteiger partial charge is 0.100 e. The Balaban J connectivity index is 2.31. The first kappa shape index (κ1) is 11.2. The molecule has 0 radical (unpaired) electrons. The van der Waals surface area contributed by atoms with Crippen LogP contribution in [0.5, 0.6) is 0 Å². The van der Waals surface area contributed by atoms with Crippen molar-refractivity contribution in [3.8, 4) is 6.07 Å². The van der Waals surface area contributed by atoms with Gasteiger partial charge in [0.25, 0.3) is 0 Å². The summed E-state index contributed by atoms with van der Waals surface area (Å²) in [6.45, 7) is -0.0291. The molecule has 1 heterocycles. The first-order chi connectivity index (χ1) is 7.83. The molecule has 0 saturated carbocycles. The lowest BCUT2D eigenvalue weighted by molar-refractivity contribution is 0.281. The number of aliphatic hydroxyl groups is 1. The van der Waals surface area contributed by atoms with Crippen LogP contribution in [0.4, 0.5) is 0 Å². The Labute approximate surface area is 102 Å². The molecule has 1 N–H and O–H groups in total. The molecule has 0 amide bonds. The van der Waals surface area contributed by atoms with E-state index < -0.39 is 0 Å². The fraction of sp³-hybridized carbons (Fsp3) is 0.0833. The SMILES string of the molecule is N#Cc1cc(CO)ccc1Sc1cccs1. The third kappa shape index (κ3) is 2.45. The van der Waals surface area contributed by atoms with E-state index in [2.05, 4.69) is 6.07 Å². The molecule has 0 bridgehead atoms. The van der Waals surface area contributed by atoms with Gasteiger partial charge in [-0.3, -0.25) is 0 Å². The lowest BCUT2D eigenvalue weighted by atomic mass is 10.1. The highest BCUT2D eigenvalue weighted by atomic mass is 32.2. The fourth-order valence-electron chi connectivity index (χ4n) is 1.28. The molecule has 2 nitrogen and oxygen atoms in total. The molecule has 16 heavy (non-hydrogen) atoms. The standard InChI is InChI=1S/C12H9NOS2/c13-7-10-6-9(8-14)3-4-11(10)16-12-2-1-5-15-12/h1-6,14H,8H2. The number of nitrogens with zero attached hydrogens (tertiary/aromatic N) is 1. The Hall–Kier alpha value is -1.28. The van der Waals surface area contributed by atoms with E-state index in [1.54, 1.807) is 29.2 Å². The summed E-state index contributed by atoms with van der Waals surface area (Å²) < 4.78 is 1.16. The van der Waals surface area contributed by atoms with E-state index in [0.29, 0.717) is 5.56 Å². The summed E-state index contributed by atoms with van der Waals surface area (Å²) in [5.74, 6) is 0. The predicted octanol–water partition coefficient (Wildman–Crippen LogP) is 3.26. The lowest BCUT2D eigenvalue weighted by Gasteiger charge is -2.03. The molecule has 2 rings (SSSR count). The van der Waals surface area contributed by atoms with Gasteiger partial charge in [0.05, 0.1) is 16.4 Å². The van der Waals surface area contributed by atoms with Crippen molar-refractivity contribution in [3.05, 3.63) is 46.8 Å². The maximum absolute atomic E-state index is 9.03. The average molecular weight is 247 g/mol. The quantitative estimate of drug-likeness (QED) is 0.905. The normalized spacial score (nSPS) is 10.0. The van der Waals surface area contributed by atoms with Crippen molar-refractivity contribution >= 4 is 23.1 Å². The van der Waals surface area contributed by atoms with Crippen LogP contribution >= 0.6 is 23.1 Å². The third-order valence-corrected chi connectivity index (χ3v) is 4.17. The molecule has 0 unspecified atom stereocenters. The molecule has 0 spiro atoms. The van der Waals surface area contributed by atoms with Crippen LogP contribution in [0, 0.1) is 11.3 Å². The highest BCUT2D eigenvalue weighted by Crippen LogP contribution is 2.33. The first-order valence-electron chi connectivity index (χ1n) is 4.68. The first-order valence-corrected chi connectivity index (χ1v) is 6.38. The van der Waals surface area contributed by atoms with Gasteiger partial charge in [0.15, 0.2) is 0 Å². The Bertz CT molecular complexity index is 514. The molecular weight excluding hydrogens is 238 g/mol. The second-order valence-corrected chi connectivity index (χ2v) is 5.42. The summed E-state index contributed by atoms with van der Waals surface area (Å²) in [6.07, 6.45) is 0. The highest BCUT2D eigenvalue weighted by Gasteiger charge is 2.05. The van der Waals surface area contributed by atoms with Gasteiger partial charge in [-0.2, -0.15) is 5.26 Å². The second-order valence-electron chi connectivity index (χ2n) is 3.13. The minimum atomic E-state index is -0.0291. The monoisotopic (exact) mass is 247 g/mol. The molecule has 80 valence electrons. The summed E-state index contributed by atoms with van der Waals surface area (Å²) in [4.78, 5) is 0.933. The molecule has 0 fully saturated rings. The topological polar surface area (TPSA) is 44.0 Å². The van der Waals surface area contributed by atoms with Gasteiger partial charge in [0.2, 0.25) is 0 Å². The highest BCUT2D eigenvalue weighted by molar-refractivity contribution is 8.01. The molecule has 0 aliphatic carbocycles. The summed E-state index contributed by atoms with van der Waals surface area (Å²) in [5, 5.41) is 20.0. The molecule has 0 saturated heterocycles. The second kappa shape index (κ2) is 5.17.